The highest BCUT2D eigenvalue weighted by molar-refractivity contribution is 5.37. The van der Waals surface area contributed by atoms with Crippen LogP contribution in [0.4, 0.5) is 0 Å². The fourth-order valence-corrected chi connectivity index (χ4v) is 1.93. The minimum atomic E-state index is 0.166. The molecule has 1 heterocycles. The molecule has 0 aliphatic rings. The van der Waals surface area contributed by atoms with Gasteiger partial charge in [0.15, 0.2) is 5.82 Å². The third-order valence-corrected chi connectivity index (χ3v) is 2.82. The minimum absolute atomic E-state index is 0.166. The molecule has 2 rings (SSSR count). The van der Waals surface area contributed by atoms with Gasteiger partial charge in [-0.3, -0.25) is 0 Å². The number of benzene rings is 1. The number of nitrogens with one attached hydrogen (secondary N) is 1. The van der Waals surface area contributed by atoms with E-state index in [4.69, 9.17) is 4.74 Å². The molecule has 6 nitrogen and oxygen atoms in total. The van der Waals surface area contributed by atoms with Crippen molar-refractivity contribution in [3.8, 4) is 11.4 Å². The Morgan fingerprint density at radius 1 is 1.14 bits per heavy atom. The summed E-state index contributed by atoms with van der Waals surface area (Å²) in [7, 11) is 0. The Balaban J connectivity index is 2.06. The Morgan fingerprint density at radius 2 is 1.86 bits per heavy atom. The van der Waals surface area contributed by atoms with E-state index in [-0.39, 0.29) is 6.10 Å². The van der Waals surface area contributed by atoms with E-state index in [9.17, 15) is 0 Å². The van der Waals surface area contributed by atoms with E-state index in [0.29, 0.717) is 12.5 Å². The van der Waals surface area contributed by atoms with E-state index < -0.39 is 0 Å². The van der Waals surface area contributed by atoms with Crippen molar-refractivity contribution in [1.29, 1.82) is 0 Å². The van der Waals surface area contributed by atoms with Crippen LogP contribution in [-0.4, -0.2) is 32.9 Å². The first-order valence-corrected chi connectivity index (χ1v) is 7.31. The molecule has 0 unspecified atom stereocenters. The summed E-state index contributed by atoms with van der Waals surface area (Å²) in [6.45, 7) is 9.94. The van der Waals surface area contributed by atoms with Gasteiger partial charge in [-0.25, -0.2) is 0 Å². The number of hydrogen-bond donors (Lipinski definition) is 1. The Hall–Kier alpha value is -1.95. The standard InChI is InChI=1S/C15H23N5O/c1-11(2)9-16-10-15-17-18-19-20(15)13-5-7-14(8-6-13)21-12(3)4/h5-8,11-12,16H,9-10H2,1-4H3. The lowest BCUT2D eigenvalue weighted by Crippen LogP contribution is -2.21. The van der Waals surface area contributed by atoms with Crippen molar-refractivity contribution in [2.24, 2.45) is 5.92 Å². The highest BCUT2D eigenvalue weighted by atomic mass is 16.5. The van der Waals surface area contributed by atoms with Gasteiger partial charge in [-0.1, -0.05) is 13.8 Å². The molecule has 0 amide bonds. The summed E-state index contributed by atoms with van der Waals surface area (Å²) < 4.78 is 7.38. The lowest BCUT2D eigenvalue weighted by Gasteiger charge is -2.11. The predicted molar refractivity (Wildman–Crippen MR) is 81.5 cm³/mol. The average Bonchev–Trinajstić information content (AvgIpc) is 2.87. The predicted octanol–water partition coefficient (Wildman–Crippen LogP) is 2.20. The molecule has 1 aromatic heterocycles. The number of tetrazole rings is 1. The molecular formula is C15H23N5O. The molecular weight excluding hydrogens is 266 g/mol. The van der Waals surface area contributed by atoms with Crippen LogP contribution in [0, 0.1) is 5.92 Å². The van der Waals surface area contributed by atoms with E-state index in [0.717, 1.165) is 23.8 Å². The SMILES string of the molecule is CC(C)CNCc1nnnn1-c1ccc(OC(C)C)cc1. The van der Waals surface area contributed by atoms with Crippen LogP contribution < -0.4 is 10.1 Å². The summed E-state index contributed by atoms with van der Waals surface area (Å²) in [6.07, 6.45) is 0.166. The summed E-state index contributed by atoms with van der Waals surface area (Å²) in [4.78, 5) is 0. The van der Waals surface area contributed by atoms with Crippen molar-refractivity contribution in [2.75, 3.05) is 6.54 Å². The molecule has 1 N–H and O–H groups in total. The van der Waals surface area contributed by atoms with Crippen molar-refractivity contribution >= 4 is 0 Å². The van der Waals surface area contributed by atoms with E-state index in [2.05, 4.69) is 34.7 Å². The van der Waals surface area contributed by atoms with Gasteiger partial charge in [-0.15, -0.1) is 5.10 Å². The van der Waals surface area contributed by atoms with Gasteiger partial charge in [0, 0.05) is 0 Å². The first-order chi connectivity index (χ1) is 10.1. The summed E-state index contributed by atoms with van der Waals surface area (Å²) in [6, 6.07) is 7.78. The lowest BCUT2D eigenvalue weighted by atomic mass is 10.2. The van der Waals surface area contributed by atoms with Crippen LogP contribution in [-0.2, 0) is 6.54 Å². The summed E-state index contributed by atoms with van der Waals surface area (Å²) >= 11 is 0. The van der Waals surface area contributed by atoms with Crippen molar-refractivity contribution in [3.05, 3.63) is 30.1 Å². The average molecular weight is 289 g/mol. The zero-order valence-corrected chi connectivity index (χ0v) is 13.1. The molecule has 0 radical (unpaired) electrons. The highest BCUT2D eigenvalue weighted by Gasteiger charge is 2.08. The topological polar surface area (TPSA) is 64.9 Å². The molecule has 2 aromatic rings. The molecule has 21 heavy (non-hydrogen) atoms. The molecule has 0 fully saturated rings. The van der Waals surface area contributed by atoms with Crippen LogP contribution in [0.25, 0.3) is 5.69 Å². The van der Waals surface area contributed by atoms with Crippen molar-refractivity contribution in [2.45, 2.75) is 40.3 Å². The number of hydrogen-bond acceptors (Lipinski definition) is 5. The third kappa shape index (κ3) is 4.53. The zero-order valence-electron chi connectivity index (χ0n) is 13.1. The van der Waals surface area contributed by atoms with E-state index >= 15 is 0 Å². The number of aromatic nitrogens is 4. The molecule has 0 saturated heterocycles. The van der Waals surface area contributed by atoms with Crippen LogP contribution in [0.1, 0.15) is 33.5 Å². The molecule has 0 aliphatic heterocycles. The van der Waals surface area contributed by atoms with Crippen molar-refractivity contribution in [1.82, 2.24) is 25.5 Å². The molecule has 0 spiro atoms. The van der Waals surface area contributed by atoms with Crippen LogP contribution in [0.2, 0.25) is 0 Å². The summed E-state index contributed by atoms with van der Waals surface area (Å²) in [5.74, 6) is 2.25. The molecule has 1 aromatic carbocycles. The van der Waals surface area contributed by atoms with Crippen LogP contribution >= 0.6 is 0 Å². The molecule has 0 atom stereocenters. The highest BCUT2D eigenvalue weighted by Crippen LogP contribution is 2.16. The lowest BCUT2D eigenvalue weighted by molar-refractivity contribution is 0.242. The normalized spacial score (nSPS) is 11.3. The molecule has 6 heteroatoms. The first-order valence-electron chi connectivity index (χ1n) is 7.31. The van der Waals surface area contributed by atoms with Gasteiger partial charge in [0.05, 0.1) is 18.3 Å². The Labute approximate surface area is 125 Å². The fourth-order valence-electron chi connectivity index (χ4n) is 1.93. The second-order valence-electron chi connectivity index (χ2n) is 5.69. The van der Waals surface area contributed by atoms with Gasteiger partial charge >= 0.3 is 0 Å². The Morgan fingerprint density at radius 3 is 2.48 bits per heavy atom. The van der Waals surface area contributed by atoms with Crippen LogP contribution in [0.15, 0.2) is 24.3 Å². The number of ether oxygens (including phenoxy) is 1. The molecule has 114 valence electrons. The van der Waals surface area contributed by atoms with Crippen molar-refractivity contribution in [3.63, 3.8) is 0 Å². The Bertz CT molecular complexity index is 547. The Kier molecular flexibility index (Phi) is 5.27. The van der Waals surface area contributed by atoms with E-state index in [1.54, 1.807) is 4.68 Å². The second kappa shape index (κ2) is 7.17. The number of rotatable bonds is 7. The van der Waals surface area contributed by atoms with Crippen molar-refractivity contribution < 1.29 is 4.74 Å². The van der Waals surface area contributed by atoms with Gasteiger partial charge < -0.3 is 10.1 Å². The van der Waals surface area contributed by atoms with Gasteiger partial charge in [0.1, 0.15) is 5.75 Å². The molecule has 0 aliphatic carbocycles. The minimum Gasteiger partial charge on any atom is -0.491 e. The van der Waals surface area contributed by atoms with Crippen LogP contribution in [0.5, 0.6) is 5.75 Å². The summed E-state index contributed by atoms with van der Waals surface area (Å²) in [5, 5.41) is 15.2. The number of nitrogens with zero attached hydrogens (tertiary/aromatic N) is 4. The smallest absolute Gasteiger partial charge is 0.170 e. The fraction of sp³-hybridized carbons (Fsp3) is 0.533. The maximum absolute atomic E-state index is 5.63. The van der Waals surface area contributed by atoms with Gasteiger partial charge in [0.2, 0.25) is 0 Å². The first kappa shape index (κ1) is 15.4. The van der Waals surface area contributed by atoms with Gasteiger partial charge in [0.25, 0.3) is 0 Å². The quantitative estimate of drug-likeness (QED) is 0.846. The van der Waals surface area contributed by atoms with Gasteiger partial charge in [-0.05, 0) is 61.0 Å². The maximum atomic E-state index is 5.63. The molecule has 0 saturated carbocycles. The van der Waals surface area contributed by atoms with E-state index in [1.807, 2.05) is 38.1 Å². The largest absolute Gasteiger partial charge is 0.491 e. The third-order valence-electron chi connectivity index (χ3n) is 2.82. The van der Waals surface area contributed by atoms with Crippen LogP contribution in [0.3, 0.4) is 0 Å². The molecule has 0 bridgehead atoms. The van der Waals surface area contributed by atoms with E-state index in [1.165, 1.54) is 0 Å². The zero-order chi connectivity index (χ0) is 15.2. The summed E-state index contributed by atoms with van der Waals surface area (Å²) in [5.41, 5.74) is 0.928. The van der Waals surface area contributed by atoms with Gasteiger partial charge in [-0.2, -0.15) is 4.68 Å². The maximum Gasteiger partial charge on any atom is 0.170 e. The second-order valence-corrected chi connectivity index (χ2v) is 5.69. The monoisotopic (exact) mass is 289 g/mol.